The zero-order valence-electron chi connectivity index (χ0n) is 6.69. The van der Waals surface area contributed by atoms with Gasteiger partial charge in [0.2, 0.25) is 5.91 Å². The van der Waals surface area contributed by atoms with E-state index in [4.69, 9.17) is 20.7 Å². The summed E-state index contributed by atoms with van der Waals surface area (Å²) in [6.07, 6.45) is 0. The highest BCUT2D eigenvalue weighted by Crippen LogP contribution is 2.18. The van der Waals surface area contributed by atoms with Crippen molar-refractivity contribution < 1.29 is 14.9 Å². The third-order valence-electron chi connectivity index (χ3n) is 1.49. The zero-order valence-corrected chi connectivity index (χ0v) is 6.69. The van der Waals surface area contributed by atoms with E-state index in [1.54, 1.807) is 12.1 Å². The SMILES string of the molecule is COc1cccc(C(N)(O)O)c1. The summed E-state index contributed by atoms with van der Waals surface area (Å²) in [4.78, 5) is 0. The first-order valence-corrected chi connectivity index (χ1v) is 3.42. The predicted molar refractivity (Wildman–Crippen MR) is 43.3 cm³/mol. The minimum atomic E-state index is -2.30. The van der Waals surface area contributed by atoms with Gasteiger partial charge in [-0.15, -0.1) is 0 Å². The van der Waals surface area contributed by atoms with Crippen LogP contribution in [0.1, 0.15) is 5.56 Å². The van der Waals surface area contributed by atoms with Crippen molar-refractivity contribution in [1.82, 2.24) is 0 Å². The molecule has 1 rings (SSSR count). The number of rotatable bonds is 2. The van der Waals surface area contributed by atoms with Gasteiger partial charge >= 0.3 is 0 Å². The van der Waals surface area contributed by atoms with Gasteiger partial charge in [-0.2, -0.15) is 0 Å². The molecule has 0 unspecified atom stereocenters. The van der Waals surface area contributed by atoms with Gasteiger partial charge in [0.15, 0.2) is 0 Å². The quantitative estimate of drug-likeness (QED) is 0.533. The van der Waals surface area contributed by atoms with Gasteiger partial charge in [-0.3, -0.25) is 5.73 Å². The Labute approximate surface area is 70.2 Å². The monoisotopic (exact) mass is 169 g/mol. The highest BCUT2D eigenvalue weighted by molar-refractivity contribution is 5.30. The Morgan fingerprint density at radius 2 is 2.08 bits per heavy atom. The number of benzene rings is 1. The first kappa shape index (κ1) is 8.99. The molecule has 0 aliphatic carbocycles. The summed E-state index contributed by atoms with van der Waals surface area (Å²) in [5.41, 5.74) is 5.23. The predicted octanol–water partition coefficient (Wildman–Crippen LogP) is -0.251. The number of methoxy groups -OCH3 is 1. The van der Waals surface area contributed by atoms with E-state index in [0.717, 1.165) is 0 Å². The van der Waals surface area contributed by atoms with E-state index in [0.29, 0.717) is 5.75 Å². The molecule has 0 spiro atoms. The van der Waals surface area contributed by atoms with Crippen LogP contribution in [-0.2, 0) is 5.91 Å². The summed E-state index contributed by atoms with van der Waals surface area (Å²) in [6.45, 7) is 0. The zero-order chi connectivity index (χ0) is 9.19. The van der Waals surface area contributed by atoms with Gasteiger partial charge in [0.1, 0.15) is 5.75 Å². The molecule has 0 bridgehead atoms. The highest BCUT2D eigenvalue weighted by Gasteiger charge is 2.19. The molecular weight excluding hydrogens is 158 g/mol. The van der Waals surface area contributed by atoms with Gasteiger partial charge in [0.05, 0.1) is 7.11 Å². The molecule has 0 radical (unpaired) electrons. The average molecular weight is 169 g/mol. The van der Waals surface area contributed by atoms with Crippen LogP contribution >= 0.6 is 0 Å². The molecule has 0 aliphatic rings. The van der Waals surface area contributed by atoms with Crippen LogP contribution in [0.25, 0.3) is 0 Å². The normalized spacial score (nSPS) is 11.3. The second kappa shape index (κ2) is 3.10. The molecule has 4 N–H and O–H groups in total. The number of hydrogen-bond acceptors (Lipinski definition) is 4. The molecule has 0 aromatic heterocycles. The average Bonchev–Trinajstić information content (AvgIpc) is 2.03. The molecule has 0 saturated heterocycles. The molecule has 1 aromatic carbocycles. The number of nitrogens with two attached hydrogens (primary N) is 1. The number of ether oxygens (including phenoxy) is 1. The third kappa shape index (κ3) is 1.94. The van der Waals surface area contributed by atoms with E-state index in [1.807, 2.05) is 0 Å². The van der Waals surface area contributed by atoms with Crippen molar-refractivity contribution in [3.8, 4) is 5.75 Å². The lowest BCUT2D eigenvalue weighted by molar-refractivity contribution is -0.163. The Balaban J connectivity index is 3.02. The van der Waals surface area contributed by atoms with Crippen LogP contribution in [0.5, 0.6) is 5.75 Å². The van der Waals surface area contributed by atoms with Crippen LogP contribution in [0.4, 0.5) is 0 Å². The van der Waals surface area contributed by atoms with Crippen LogP contribution in [0.2, 0.25) is 0 Å². The lowest BCUT2D eigenvalue weighted by Crippen LogP contribution is -2.35. The summed E-state index contributed by atoms with van der Waals surface area (Å²) in [6, 6.07) is 6.28. The highest BCUT2D eigenvalue weighted by atomic mass is 16.5. The van der Waals surface area contributed by atoms with E-state index in [1.165, 1.54) is 19.2 Å². The van der Waals surface area contributed by atoms with Crippen molar-refractivity contribution in [2.75, 3.05) is 7.11 Å². The van der Waals surface area contributed by atoms with Crippen molar-refractivity contribution in [3.63, 3.8) is 0 Å². The topological polar surface area (TPSA) is 75.7 Å². The van der Waals surface area contributed by atoms with Gasteiger partial charge in [-0.1, -0.05) is 12.1 Å². The summed E-state index contributed by atoms with van der Waals surface area (Å²) in [5, 5.41) is 18.0. The molecule has 0 amide bonds. The van der Waals surface area contributed by atoms with Crippen LogP contribution in [0.15, 0.2) is 24.3 Å². The molecule has 12 heavy (non-hydrogen) atoms. The molecule has 0 aliphatic heterocycles. The summed E-state index contributed by atoms with van der Waals surface area (Å²) in [5.74, 6) is -1.76. The van der Waals surface area contributed by atoms with Crippen molar-refractivity contribution >= 4 is 0 Å². The molecule has 66 valence electrons. The Morgan fingerprint density at radius 1 is 1.42 bits per heavy atom. The summed E-state index contributed by atoms with van der Waals surface area (Å²) in [7, 11) is 1.49. The maximum atomic E-state index is 8.99. The van der Waals surface area contributed by atoms with E-state index >= 15 is 0 Å². The van der Waals surface area contributed by atoms with Crippen LogP contribution in [0.3, 0.4) is 0 Å². The van der Waals surface area contributed by atoms with Crippen molar-refractivity contribution in [2.24, 2.45) is 5.73 Å². The van der Waals surface area contributed by atoms with Gasteiger partial charge in [0.25, 0.3) is 0 Å². The lowest BCUT2D eigenvalue weighted by Gasteiger charge is -2.16. The fourth-order valence-corrected chi connectivity index (χ4v) is 0.852. The number of aliphatic hydroxyl groups is 2. The lowest BCUT2D eigenvalue weighted by atomic mass is 10.1. The minimum absolute atomic E-state index is 0.196. The van der Waals surface area contributed by atoms with E-state index in [9.17, 15) is 0 Å². The fraction of sp³-hybridized carbons (Fsp3) is 0.250. The molecule has 0 saturated carbocycles. The number of hydrogen-bond donors (Lipinski definition) is 3. The summed E-state index contributed by atoms with van der Waals surface area (Å²) < 4.78 is 4.87. The second-order valence-electron chi connectivity index (χ2n) is 2.46. The molecule has 0 fully saturated rings. The Hall–Kier alpha value is -1.10. The third-order valence-corrected chi connectivity index (χ3v) is 1.49. The Morgan fingerprint density at radius 3 is 2.58 bits per heavy atom. The second-order valence-corrected chi connectivity index (χ2v) is 2.46. The fourth-order valence-electron chi connectivity index (χ4n) is 0.852. The van der Waals surface area contributed by atoms with E-state index < -0.39 is 5.91 Å². The minimum Gasteiger partial charge on any atom is -0.497 e. The molecule has 0 heterocycles. The maximum Gasteiger partial charge on any atom is 0.248 e. The molecule has 4 heteroatoms. The van der Waals surface area contributed by atoms with Crippen LogP contribution < -0.4 is 10.5 Å². The molecule has 1 aromatic rings. The Kier molecular flexibility index (Phi) is 2.32. The van der Waals surface area contributed by atoms with Gasteiger partial charge in [0, 0.05) is 5.56 Å². The van der Waals surface area contributed by atoms with Gasteiger partial charge in [-0.25, -0.2) is 0 Å². The van der Waals surface area contributed by atoms with Crippen molar-refractivity contribution in [1.29, 1.82) is 0 Å². The summed E-state index contributed by atoms with van der Waals surface area (Å²) >= 11 is 0. The first-order valence-electron chi connectivity index (χ1n) is 3.42. The Bertz CT molecular complexity index is 267. The van der Waals surface area contributed by atoms with Crippen molar-refractivity contribution in [2.45, 2.75) is 5.91 Å². The van der Waals surface area contributed by atoms with Crippen LogP contribution in [0, 0.1) is 0 Å². The van der Waals surface area contributed by atoms with E-state index in [2.05, 4.69) is 0 Å². The largest absolute Gasteiger partial charge is 0.497 e. The van der Waals surface area contributed by atoms with E-state index in [-0.39, 0.29) is 5.56 Å². The standard InChI is InChI=1S/C8H11NO3/c1-12-7-4-2-3-6(5-7)8(9,10)11/h2-5,10-11H,9H2,1H3. The van der Waals surface area contributed by atoms with Gasteiger partial charge < -0.3 is 14.9 Å². The van der Waals surface area contributed by atoms with Crippen LogP contribution in [-0.4, -0.2) is 17.3 Å². The molecular formula is C8H11NO3. The van der Waals surface area contributed by atoms with Crippen molar-refractivity contribution in [3.05, 3.63) is 29.8 Å². The molecule has 4 nitrogen and oxygen atoms in total. The maximum absolute atomic E-state index is 8.99. The molecule has 0 atom stereocenters. The van der Waals surface area contributed by atoms with Gasteiger partial charge in [-0.05, 0) is 12.1 Å². The first-order chi connectivity index (χ1) is 5.54. The smallest absolute Gasteiger partial charge is 0.248 e.